The van der Waals surface area contributed by atoms with Gasteiger partial charge < -0.3 is 24.9 Å². The number of carboxylic acid groups (broad SMARTS) is 1. The molecule has 0 atom stereocenters. The molecule has 10 nitrogen and oxygen atoms in total. The summed E-state index contributed by atoms with van der Waals surface area (Å²) in [4.78, 5) is 30.6. The first-order valence-corrected chi connectivity index (χ1v) is 10.1. The lowest BCUT2D eigenvalue weighted by atomic mass is 10.1. The summed E-state index contributed by atoms with van der Waals surface area (Å²) >= 11 is 0. The Labute approximate surface area is 204 Å². The number of carbonyl (C=O) groups is 1. The molecule has 2 heterocycles. The second kappa shape index (κ2) is 10.5. The second-order valence-corrected chi connectivity index (χ2v) is 7.41. The predicted octanol–water partition coefficient (Wildman–Crippen LogP) is 4.94. The highest BCUT2D eigenvalue weighted by Crippen LogP contribution is 2.29. The molecule has 196 valence electrons. The number of aromatic amines is 1. The number of aliphatic carboxylic acids is 1. The summed E-state index contributed by atoms with van der Waals surface area (Å²) in [5.74, 6) is -4.41. The number of methoxy groups -OCH3 is 1. The molecule has 0 saturated carbocycles. The van der Waals surface area contributed by atoms with Crippen molar-refractivity contribution in [3.05, 3.63) is 63.8 Å². The van der Waals surface area contributed by atoms with Gasteiger partial charge in [-0.3, -0.25) is 4.98 Å². The van der Waals surface area contributed by atoms with Gasteiger partial charge in [0.1, 0.15) is 5.75 Å². The van der Waals surface area contributed by atoms with Crippen LogP contribution in [0.4, 0.5) is 45.1 Å². The Morgan fingerprint density at radius 1 is 1.08 bits per heavy atom. The number of halogens is 5. The number of rotatable bonds is 5. The first kappa shape index (κ1) is 26.9. The standard InChI is InChI=1S/C20H17F2N5O3.C2HF3O2/c1-9-4-11(7-16(29-3)10(9)2)25-19-23-8-14(22)18(27-19)24-12-5-13(21)17-15(6-12)26-20(28)30-17;3-2(4,5)1(6)7/h4-8H,1-3H3,(H,26,28)(H2,23,24,25,27);(H,6,7). The van der Waals surface area contributed by atoms with Gasteiger partial charge in [0, 0.05) is 23.5 Å². The smallest absolute Gasteiger partial charge is 0.490 e. The molecule has 0 aliphatic carbocycles. The number of alkyl halides is 3. The number of anilines is 4. The molecule has 0 radical (unpaired) electrons. The number of benzene rings is 2. The summed E-state index contributed by atoms with van der Waals surface area (Å²) in [5, 5.41) is 12.8. The van der Waals surface area contributed by atoms with E-state index in [1.54, 1.807) is 13.2 Å². The lowest BCUT2D eigenvalue weighted by molar-refractivity contribution is -0.192. The van der Waals surface area contributed by atoms with Gasteiger partial charge in [0.25, 0.3) is 0 Å². The molecule has 15 heteroatoms. The molecular formula is C22H18F5N5O5. The quantitative estimate of drug-likeness (QED) is 0.266. The molecule has 0 amide bonds. The molecule has 0 fully saturated rings. The third kappa shape index (κ3) is 6.50. The third-order valence-corrected chi connectivity index (χ3v) is 4.82. The van der Waals surface area contributed by atoms with E-state index in [1.807, 2.05) is 19.9 Å². The van der Waals surface area contributed by atoms with Crippen molar-refractivity contribution in [1.82, 2.24) is 15.0 Å². The lowest BCUT2D eigenvalue weighted by Crippen LogP contribution is -2.21. The number of hydrogen-bond donors (Lipinski definition) is 4. The Hall–Kier alpha value is -4.69. The van der Waals surface area contributed by atoms with Crippen LogP contribution in [-0.4, -0.2) is 39.3 Å². The minimum atomic E-state index is -5.08. The van der Waals surface area contributed by atoms with Gasteiger partial charge >= 0.3 is 17.9 Å². The molecule has 2 aromatic carbocycles. The molecule has 0 aliphatic rings. The zero-order valence-corrected chi connectivity index (χ0v) is 19.3. The van der Waals surface area contributed by atoms with Gasteiger partial charge in [0.15, 0.2) is 23.0 Å². The van der Waals surface area contributed by atoms with Crippen molar-refractivity contribution in [2.45, 2.75) is 20.0 Å². The maximum Gasteiger partial charge on any atom is 0.490 e. The molecule has 4 aromatic rings. The van der Waals surface area contributed by atoms with E-state index >= 15 is 0 Å². The summed E-state index contributed by atoms with van der Waals surface area (Å²) in [5.41, 5.74) is 2.76. The van der Waals surface area contributed by atoms with Gasteiger partial charge in [-0.25, -0.2) is 23.4 Å². The van der Waals surface area contributed by atoms with Gasteiger partial charge in [-0.2, -0.15) is 18.2 Å². The number of ether oxygens (including phenoxy) is 1. The highest BCUT2D eigenvalue weighted by molar-refractivity contribution is 5.79. The van der Waals surface area contributed by atoms with E-state index in [0.29, 0.717) is 11.4 Å². The van der Waals surface area contributed by atoms with E-state index in [0.717, 1.165) is 23.4 Å². The maximum absolute atomic E-state index is 14.2. The molecule has 0 spiro atoms. The molecule has 4 N–H and O–H groups in total. The van der Waals surface area contributed by atoms with Crippen LogP contribution in [0.25, 0.3) is 11.1 Å². The zero-order valence-electron chi connectivity index (χ0n) is 19.3. The summed E-state index contributed by atoms with van der Waals surface area (Å²) in [6.45, 7) is 3.88. The molecule has 2 aromatic heterocycles. The number of hydrogen-bond acceptors (Lipinski definition) is 8. The first-order chi connectivity index (χ1) is 17.3. The number of aromatic nitrogens is 3. The molecule has 0 saturated heterocycles. The SMILES string of the molecule is COc1cc(Nc2ncc(F)c(Nc3cc(F)c4oc(=O)[nH]c4c3)n2)cc(C)c1C.O=C(O)C(F)(F)F. The molecule has 0 aliphatic heterocycles. The van der Waals surface area contributed by atoms with Crippen LogP contribution in [0.3, 0.4) is 0 Å². The Kier molecular flexibility index (Phi) is 7.64. The third-order valence-electron chi connectivity index (χ3n) is 4.82. The highest BCUT2D eigenvalue weighted by atomic mass is 19.4. The lowest BCUT2D eigenvalue weighted by Gasteiger charge is -2.13. The van der Waals surface area contributed by atoms with E-state index in [2.05, 4.69) is 25.6 Å². The summed E-state index contributed by atoms with van der Waals surface area (Å²) in [6.07, 6.45) is -4.09. The Morgan fingerprint density at radius 2 is 1.73 bits per heavy atom. The van der Waals surface area contributed by atoms with Crippen LogP contribution in [0.5, 0.6) is 5.75 Å². The summed E-state index contributed by atoms with van der Waals surface area (Å²) < 4.78 is 70.2. The van der Waals surface area contributed by atoms with Crippen LogP contribution in [0.1, 0.15) is 11.1 Å². The topological polar surface area (TPSA) is 142 Å². The number of nitrogens with one attached hydrogen (secondary N) is 3. The fourth-order valence-electron chi connectivity index (χ4n) is 2.98. The number of aryl methyl sites for hydroxylation is 1. The van der Waals surface area contributed by atoms with E-state index in [4.69, 9.17) is 19.1 Å². The van der Waals surface area contributed by atoms with Crippen LogP contribution in [0, 0.1) is 25.5 Å². The van der Waals surface area contributed by atoms with Crippen molar-refractivity contribution >= 4 is 40.2 Å². The van der Waals surface area contributed by atoms with Crippen molar-refractivity contribution < 1.29 is 41.0 Å². The van der Waals surface area contributed by atoms with Crippen LogP contribution < -0.4 is 21.1 Å². The van der Waals surface area contributed by atoms with E-state index < -0.39 is 29.5 Å². The molecule has 37 heavy (non-hydrogen) atoms. The average Bonchev–Trinajstić information content (AvgIpc) is 3.19. The number of nitrogens with zero attached hydrogens (tertiary/aromatic N) is 2. The summed E-state index contributed by atoms with van der Waals surface area (Å²) in [6, 6.07) is 6.14. The monoisotopic (exact) mass is 527 g/mol. The largest absolute Gasteiger partial charge is 0.496 e. The van der Waals surface area contributed by atoms with Crippen molar-refractivity contribution in [2.24, 2.45) is 0 Å². The molecular weight excluding hydrogens is 509 g/mol. The van der Waals surface area contributed by atoms with Crippen molar-refractivity contribution in [3.63, 3.8) is 0 Å². The normalized spacial score (nSPS) is 11.0. The van der Waals surface area contributed by atoms with Gasteiger partial charge in [-0.1, -0.05) is 0 Å². The number of H-pyrrole nitrogens is 1. The average molecular weight is 527 g/mol. The van der Waals surface area contributed by atoms with Crippen LogP contribution in [-0.2, 0) is 4.79 Å². The predicted molar refractivity (Wildman–Crippen MR) is 122 cm³/mol. The van der Waals surface area contributed by atoms with Crippen LogP contribution in [0.15, 0.2) is 39.7 Å². The Morgan fingerprint density at radius 3 is 2.35 bits per heavy atom. The Balaban J connectivity index is 0.000000479. The maximum atomic E-state index is 14.2. The van der Waals surface area contributed by atoms with E-state index in [1.165, 1.54) is 6.07 Å². The second-order valence-electron chi connectivity index (χ2n) is 7.41. The zero-order chi connectivity index (χ0) is 27.5. The summed E-state index contributed by atoms with van der Waals surface area (Å²) in [7, 11) is 1.57. The van der Waals surface area contributed by atoms with Crippen molar-refractivity contribution in [1.29, 1.82) is 0 Å². The number of oxazole rings is 1. The van der Waals surface area contributed by atoms with Crippen molar-refractivity contribution in [3.8, 4) is 5.75 Å². The van der Waals surface area contributed by atoms with Gasteiger partial charge in [0.2, 0.25) is 5.95 Å². The van der Waals surface area contributed by atoms with E-state index in [-0.39, 0.29) is 28.6 Å². The minimum absolute atomic E-state index is 0.127. The van der Waals surface area contributed by atoms with E-state index in [9.17, 15) is 26.7 Å². The van der Waals surface area contributed by atoms with Gasteiger partial charge in [-0.15, -0.1) is 0 Å². The van der Waals surface area contributed by atoms with Crippen molar-refractivity contribution in [2.75, 3.05) is 17.7 Å². The van der Waals surface area contributed by atoms with Gasteiger partial charge in [0.05, 0.1) is 18.8 Å². The van der Waals surface area contributed by atoms with Crippen LogP contribution in [0.2, 0.25) is 0 Å². The first-order valence-electron chi connectivity index (χ1n) is 10.1. The van der Waals surface area contributed by atoms with Gasteiger partial charge in [-0.05, 0) is 37.1 Å². The molecule has 4 rings (SSSR count). The number of fused-ring (bicyclic) bond motifs is 1. The minimum Gasteiger partial charge on any atom is -0.496 e. The van der Waals surface area contributed by atoms with Crippen LogP contribution >= 0.6 is 0 Å². The highest BCUT2D eigenvalue weighted by Gasteiger charge is 2.38. The fourth-order valence-corrected chi connectivity index (χ4v) is 2.98. The molecule has 0 unspecified atom stereocenters. The Bertz CT molecular complexity index is 1520. The molecule has 0 bridgehead atoms. The number of carboxylic acids is 1. The fraction of sp³-hybridized carbons (Fsp3) is 0.182.